The van der Waals surface area contributed by atoms with Gasteiger partial charge in [-0.3, -0.25) is 4.90 Å². The van der Waals surface area contributed by atoms with E-state index in [1.54, 1.807) is 0 Å². The van der Waals surface area contributed by atoms with Crippen LogP contribution in [0.4, 0.5) is 0 Å². The normalized spacial score (nSPS) is 12.6. The zero-order valence-corrected chi connectivity index (χ0v) is 12.6. The summed E-state index contributed by atoms with van der Waals surface area (Å²) in [5, 5.41) is 3.19. The lowest BCUT2D eigenvalue weighted by atomic mass is 10.0. The van der Waals surface area contributed by atoms with E-state index >= 15 is 0 Å². The Balaban J connectivity index is 2.08. The van der Waals surface area contributed by atoms with Gasteiger partial charge in [0.2, 0.25) is 0 Å². The molecule has 2 rings (SSSR count). The van der Waals surface area contributed by atoms with Crippen molar-refractivity contribution in [1.29, 1.82) is 0 Å². The maximum absolute atomic E-state index is 3.19. The molecule has 20 heavy (non-hydrogen) atoms. The van der Waals surface area contributed by atoms with E-state index in [1.165, 1.54) is 16.7 Å². The van der Waals surface area contributed by atoms with Crippen molar-refractivity contribution < 1.29 is 0 Å². The molecule has 0 aliphatic heterocycles. The van der Waals surface area contributed by atoms with Gasteiger partial charge in [0, 0.05) is 19.1 Å². The Kier molecular flexibility index (Phi) is 5.33. The van der Waals surface area contributed by atoms with E-state index in [-0.39, 0.29) is 0 Å². The summed E-state index contributed by atoms with van der Waals surface area (Å²) in [6.45, 7) is 4.33. The Hall–Kier alpha value is -1.64. The minimum Gasteiger partial charge on any atom is -0.318 e. The summed E-state index contributed by atoms with van der Waals surface area (Å²) in [4.78, 5) is 2.37. The quantitative estimate of drug-likeness (QED) is 0.861. The van der Waals surface area contributed by atoms with E-state index in [0.29, 0.717) is 6.04 Å². The standard InChI is InChI=1S/C18H24N2/c1-15(20(3)14-13-19-2)16-9-11-18(12-10-16)17-7-5-4-6-8-17/h4-12,15,19H,13-14H2,1-3H3. The van der Waals surface area contributed by atoms with Crippen molar-refractivity contribution in [2.45, 2.75) is 13.0 Å². The Morgan fingerprint density at radius 1 is 0.950 bits per heavy atom. The number of hydrogen-bond acceptors (Lipinski definition) is 2. The Labute approximate surface area is 122 Å². The maximum Gasteiger partial charge on any atom is 0.0317 e. The number of hydrogen-bond donors (Lipinski definition) is 1. The number of rotatable bonds is 6. The monoisotopic (exact) mass is 268 g/mol. The zero-order valence-electron chi connectivity index (χ0n) is 12.6. The molecule has 0 fully saturated rings. The molecule has 1 atom stereocenters. The van der Waals surface area contributed by atoms with Crippen molar-refractivity contribution >= 4 is 0 Å². The fraction of sp³-hybridized carbons (Fsp3) is 0.333. The van der Waals surface area contributed by atoms with Crippen LogP contribution in [0, 0.1) is 0 Å². The average Bonchev–Trinajstić information content (AvgIpc) is 2.53. The van der Waals surface area contributed by atoms with Crippen LogP contribution in [-0.4, -0.2) is 32.1 Å². The van der Waals surface area contributed by atoms with Crippen molar-refractivity contribution in [3.05, 3.63) is 60.2 Å². The summed E-state index contributed by atoms with van der Waals surface area (Å²) >= 11 is 0. The predicted octanol–water partition coefficient (Wildman–Crippen LogP) is 3.57. The second-order valence-corrected chi connectivity index (χ2v) is 5.25. The molecule has 2 heteroatoms. The number of nitrogens with one attached hydrogen (secondary N) is 1. The molecule has 1 unspecified atom stereocenters. The third kappa shape index (κ3) is 3.69. The first-order chi connectivity index (χ1) is 9.72. The fourth-order valence-electron chi connectivity index (χ4n) is 2.32. The van der Waals surface area contributed by atoms with E-state index in [4.69, 9.17) is 0 Å². The Bertz CT molecular complexity index is 505. The highest BCUT2D eigenvalue weighted by Crippen LogP contribution is 2.23. The number of nitrogens with zero attached hydrogens (tertiary/aromatic N) is 1. The van der Waals surface area contributed by atoms with Crippen LogP contribution < -0.4 is 5.32 Å². The van der Waals surface area contributed by atoms with E-state index in [0.717, 1.165) is 13.1 Å². The third-order valence-electron chi connectivity index (χ3n) is 3.88. The van der Waals surface area contributed by atoms with Gasteiger partial charge in [-0.15, -0.1) is 0 Å². The molecule has 0 spiro atoms. The summed E-state index contributed by atoms with van der Waals surface area (Å²) in [5.74, 6) is 0. The second-order valence-electron chi connectivity index (χ2n) is 5.25. The van der Waals surface area contributed by atoms with Crippen molar-refractivity contribution in [2.75, 3.05) is 27.2 Å². The topological polar surface area (TPSA) is 15.3 Å². The molecule has 0 aromatic heterocycles. The van der Waals surface area contributed by atoms with E-state index in [2.05, 4.69) is 78.8 Å². The lowest BCUT2D eigenvalue weighted by Gasteiger charge is -2.25. The molecule has 0 aliphatic rings. The van der Waals surface area contributed by atoms with Gasteiger partial charge in [0.05, 0.1) is 0 Å². The molecule has 0 amide bonds. The molecule has 2 aromatic carbocycles. The summed E-state index contributed by atoms with van der Waals surface area (Å²) in [7, 11) is 4.17. The van der Waals surface area contributed by atoms with Crippen molar-refractivity contribution in [3.8, 4) is 11.1 Å². The van der Waals surface area contributed by atoms with Gasteiger partial charge in [-0.25, -0.2) is 0 Å². The summed E-state index contributed by atoms with van der Waals surface area (Å²) in [6.07, 6.45) is 0. The average molecular weight is 268 g/mol. The molecule has 0 saturated heterocycles. The molecular formula is C18H24N2. The first-order valence-electron chi connectivity index (χ1n) is 7.22. The minimum absolute atomic E-state index is 0.438. The van der Waals surface area contributed by atoms with Crippen LogP contribution >= 0.6 is 0 Å². The highest BCUT2D eigenvalue weighted by atomic mass is 15.1. The van der Waals surface area contributed by atoms with Crippen LogP contribution in [0.3, 0.4) is 0 Å². The molecule has 0 heterocycles. The van der Waals surface area contributed by atoms with Gasteiger partial charge < -0.3 is 5.32 Å². The molecule has 106 valence electrons. The SMILES string of the molecule is CNCCN(C)C(C)c1ccc(-c2ccccc2)cc1. The van der Waals surface area contributed by atoms with Gasteiger partial charge in [0.15, 0.2) is 0 Å². The van der Waals surface area contributed by atoms with Crippen LogP contribution in [0.15, 0.2) is 54.6 Å². The van der Waals surface area contributed by atoms with Gasteiger partial charge in [-0.1, -0.05) is 54.6 Å². The van der Waals surface area contributed by atoms with Gasteiger partial charge in [0.25, 0.3) is 0 Å². The lowest BCUT2D eigenvalue weighted by molar-refractivity contribution is 0.263. The van der Waals surface area contributed by atoms with Crippen LogP contribution in [-0.2, 0) is 0 Å². The third-order valence-corrected chi connectivity index (χ3v) is 3.88. The summed E-state index contributed by atoms with van der Waals surface area (Å²) in [5.41, 5.74) is 3.91. The predicted molar refractivity (Wildman–Crippen MR) is 86.8 cm³/mol. The zero-order chi connectivity index (χ0) is 14.4. The highest BCUT2D eigenvalue weighted by molar-refractivity contribution is 5.63. The van der Waals surface area contributed by atoms with E-state index < -0.39 is 0 Å². The lowest BCUT2D eigenvalue weighted by Crippen LogP contribution is -2.29. The first kappa shape index (κ1) is 14.8. The molecule has 0 aliphatic carbocycles. The Morgan fingerprint density at radius 2 is 1.55 bits per heavy atom. The van der Waals surface area contributed by atoms with Crippen LogP contribution in [0.25, 0.3) is 11.1 Å². The van der Waals surface area contributed by atoms with Crippen LogP contribution in [0.2, 0.25) is 0 Å². The largest absolute Gasteiger partial charge is 0.318 e. The van der Waals surface area contributed by atoms with Gasteiger partial charge in [-0.2, -0.15) is 0 Å². The molecule has 2 aromatic rings. The van der Waals surface area contributed by atoms with Crippen LogP contribution in [0.5, 0.6) is 0 Å². The van der Waals surface area contributed by atoms with Crippen LogP contribution in [0.1, 0.15) is 18.5 Å². The summed E-state index contributed by atoms with van der Waals surface area (Å²) in [6, 6.07) is 19.9. The molecular weight excluding hydrogens is 244 g/mol. The fourth-order valence-corrected chi connectivity index (χ4v) is 2.32. The first-order valence-corrected chi connectivity index (χ1v) is 7.22. The second kappa shape index (κ2) is 7.22. The molecule has 2 nitrogen and oxygen atoms in total. The number of benzene rings is 2. The van der Waals surface area contributed by atoms with Crippen molar-refractivity contribution in [2.24, 2.45) is 0 Å². The van der Waals surface area contributed by atoms with Gasteiger partial charge in [-0.05, 0) is 37.7 Å². The molecule has 1 N–H and O–H groups in total. The Morgan fingerprint density at radius 3 is 2.15 bits per heavy atom. The smallest absolute Gasteiger partial charge is 0.0317 e. The van der Waals surface area contributed by atoms with E-state index in [9.17, 15) is 0 Å². The van der Waals surface area contributed by atoms with Gasteiger partial charge >= 0.3 is 0 Å². The van der Waals surface area contributed by atoms with Crippen molar-refractivity contribution in [1.82, 2.24) is 10.2 Å². The summed E-state index contributed by atoms with van der Waals surface area (Å²) < 4.78 is 0. The van der Waals surface area contributed by atoms with Gasteiger partial charge in [0.1, 0.15) is 0 Å². The molecule has 0 bridgehead atoms. The number of likely N-dealkylation sites (N-methyl/N-ethyl adjacent to an activating group) is 2. The maximum atomic E-state index is 3.19. The van der Waals surface area contributed by atoms with Crippen molar-refractivity contribution in [3.63, 3.8) is 0 Å². The van der Waals surface area contributed by atoms with E-state index in [1.807, 2.05) is 7.05 Å². The minimum atomic E-state index is 0.438. The molecule has 0 radical (unpaired) electrons. The highest BCUT2D eigenvalue weighted by Gasteiger charge is 2.10. The molecule has 0 saturated carbocycles.